The second kappa shape index (κ2) is 7.57. The molecular weight excluding hydrogens is 332 g/mol. The van der Waals surface area contributed by atoms with E-state index in [1.165, 1.54) is 24.3 Å². The van der Waals surface area contributed by atoms with E-state index < -0.39 is 22.0 Å². The SMILES string of the molecule is NS(=O)(=O)c1cccc(NC(=O)CNC(=O)Nc2ccccc2)c1. The molecule has 0 aliphatic heterocycles. The van der Waals surface area contributed by atoms with Gasteiger partial charge in [-0.3, -0.25) is 4.79 Å². The molecule has 0 spiro atoms. The maximum atomic E-state index is 11.8. The molecule has 0 heterocycles. The number of para-hydroxylation sites is 1. The molecule has 9 heteroatoms. The Hall–Kier alpha value is -2.91. The summed E-state index contributed by atoms with van der Waals surface area (Å²) < 4.78 is 22.5. The van der Waals surface area contributed by atoms with Gasteiger partial charge in [-0.1, -0.05) is 24.3 Å². The van der Waals surface area contributed by atoms with E-state index in [1.807, 2.05) is 6.07 Å². The van der Waals surface area contributed by atoms with E-state index in [0.717, 1.165) is 0 Å². The summed E-state index contributed by atoms with van der Waals surface area (Å²) in [5.74, 6) is -0.509. The fourth-order valence-corrected chi connectivity index (χ4v) is 2.37. The number of anilines is 2. The molecule has 3 amide bonds. The third-order valence-electron chi connectivity index (χ3n) is 2.89. The fraction of sp³-hybridized carbons (Fsp3) is 0.0667. The zero-order valence-corrected chi connectivity index (χ0v) is 13.3. The summed E-state index contributed by atoms with van der Waals surface area (Å²) in [7, 11) is -3.85. The molecule has 24 heavy (non-hydrogen) atoms. The highest BCUT2D eigenvalue weighted by Crippen LogP contribution is 2.13. The van der Waals surface area contributed by atoms with Crippen LogP contribution in [0.15, 0.2) is 59.5 Å². The smallest absolute Gasteiger partial charge is 0.319 e. The van der Waals surface area contributed by atoms with E-state index in [9.17, 15) is 18.0 Å². The van der Waals surface area contributed by atoms with Crippen molar-refractivity contribution in [2.24, 2.45) is 5.14 Å². The van der Waals surface area contributed by atoms with Gasteiger partial charge < -0.3 is 16.0 Å². The van der Waals surface area contributed by atoms with E-state index in [4.69, 9.17) is 5.14 Å². The molecule has 0 fully saturated rings. The second-order valence-corrected chi connectivity index (χ2v) is 6.36. The van der Waals surface area contributed by atoms with Crippen molar-refractivity contribution in [3.8, 4) is 0 Å². The van der Waals surface area contributed by atoms with Crippen molar-refractivity contribution >= 4 is 33.3 Å². The number of nitrogens with one attached hydrogen (secondary N) is 3. The lowest BCUT2D eigenvalue weighted by molar-refractivity contribution is -0.115. The van der Waals surface area contributed by atoms with E-state index in [0.29, 0.717) is 5.69 Å². The molecule has 2 aromatic rings. The highest BCUT2D eigenvalue weighted by molar-refractivity contribution is 7.89. The van der Waals surface area contributed by atoms with Gasteiger partial charge in [0.15, 0.2) is 0 Å². The topological polar surface area (TPSA) is 130 Å². The molecule has 8 nitrogen and oxygen atoms in total. The first-order valence-corrected chi connectivity index (χ1v) is 8.42. The Labute approximate surface area is 139 Å². The number of benzene rings is 2. The number of carbonyl (C=O) groups is 2. The van der Waals surface area contributed by atoms with Gasteiger partial charge in [-0.2, -0.15) is 0 Å². The average Bonchev–Trinajstić information content (AvgIpc) is 2.53. The average molecular weight is 348 g/mol. The largest absolute Gasteiger partial charge is 0.329 e. The van der Waals surface area contributed by atoms with Crippen molar-refractivity contribution in [2.75, 3.05) is 17.2 Å². The molecule has 0 saturated carbocycles. The number of primary sulfonamides is 1. The lowest BCUT2D eigenvalue weighted by Gasteiger charge is -2.09. The minimum absolute atomic E-state index is 0.116. The van der Waals surface area contributed by atoms with Crippen LogP contribution in [0, 0.1) is 0 Å². The normalized spacial score (nSPS) is 10.7. The first kappa shape index (κ1) is 17.4. The van der Waals surface area contributed by atoms with Crippen LogP contribution in [0.5, 0.6) is 0 Å². The summed E-state index contributed by atoms with van der Waals surface area (Å²) in [5.41, 5.74) is 0.855. The zero-order chi connectivity index (χ0) is 17.6. The lowest BCUT2D eigenvalue weighted by atomic mass is 10.3. The van der Waals surface area contributed by atoms with Crippen LogP contribution >= 0.6 is 0 Å². The predicted octanol–water partition coefficient (Wildman–Crippen LogP) is 1.09. The Morgan fingerprint density at radius 1 is 0.917 bits per heavy atom. The van der Waals surface area contributed by atoms with Crippen molar-refractivity contribution in [2.45, 2.75) is 4.90 Å². The van der Waals surface area contributed by atoms with E-state index >= 15 is 0 Å². The van der Waals surface area contributed by atoms with E-state index in [1.54, 1.807) is 24.3 Å². The number of urea groups is 1. The molecule has 0 atom stereocenters. The maximum Gasteiger partial charge on any atom is 0.319 e. The first-order valence-electron chi connectivity index (χ1n) is 6.87. The number of nitrogens with two attached hydrogens (primary N) is 1. The predicted molar refractivity (Wildman–Crippen MR) is 89.9 cm³/mol. The van der Waals surface area contributed by atoms with Crippen LogP contribution in [-0.2, 0) is 14.8 Å². The van der Waals surface area contributed by atoms with Crippen LogP contribution in [0.25, 0.3) is 0 Å². The Morgan fingerprint density at radius 2 is 1.58 bits per heavy atom. The van der Waals surface area contributed by atoms with Crippen molar-refractivity contribution < 1.29 is 18.0 Å². The van der Waals surface area contributed by atoms with Gasteiger partial charge in [-0.15, -0.1) is 0 Å². The Kier molecular flexibility index (Phi) is 5.51. The number of carbonyl (C=O) groups excluding carboxylic acids is 2. The second-order valence-electron chi connectivity index (χ2n) is 4.79. The van der Waals surface area contributed by atoms with Gasteiger partial charge >= 0.3 is 6.03 Å². The number of hydrogen-bond acceptors (Lipinski definition) is 4. The quantitative estimate of drug-likeness (QED) is 0.644. The summed E-state index contributed by atoms with van der Waals surface area (Å²) in [6, 6.07) is 13.7. The van der Waals surface area contributed by atoms with E-state index in [-0.39, 0.29) is 17.1 Å². The van der Waals surface area contributed by atoms with Gasteiger partial charge in [0.05, 0.1) is 11.4 Å². The van der Waals surface area contributed by atoms with Crippen LogP contribution in [0.1, 0.15) is 0 Å². The van der Waals surface area contributed by atoms with Crippen molar-refractivity contribution in [3.63, 3.8) is 0 Å². The standard InChI is InChI=1S/C15H16N4O4S/c16-24(22,23)13-8-4-7-12(9-13)18-14(20)10-17-15(21)19-11-5-2-1-3-6-11/h1-9H,10H2,(H,18,20)(H2,16,22,23)(H2,17,19,21). The molecule has 126 valence electrons. The first-order chi connectivity index (χ1) is 11.3. The molecule has 0 saturated heterocycles. The zero-order valence-electron chi connectivity index (χ0n) is 12.5. The Balaban J connectivity index is 1.86. The van der Waals surface area contributed by atoms with Crippen LogP contribution in [0.2, 0.25) is 0 Å². The maximum absolute atomic E-state index is 11.8. The number of hydrogen-bond donors (Lipinski definition) is 4. The third-order valence-corrected chi connectivity index (χ3v) is 3.80. The number of rotatable bonds is 5. The summed E-state index contributed by atoms with van der Waals surface area (Å²) in [6.45, 7) is -0.279. The van der Waals surface area contributed by atoms with Gasteiger partial charge in [0.25, 0.3) is 0 Å². The molecule has 0 aliphatic carbocycles. The molecule has 2 rings (SSSR count). The number of sulfonamides is 1. The molecule has 0 bridgehead atoms. The molecule has 2 aromatic carbocycles. The van der Waals surface area contributed by atoms with Crippen molar-refractivity contribution in [3.05, 3.63) is 54.6 Å². The molecule has 5 N–H and O–H groups in total. The molecular formula is C15H16N4O4S. The van der Waals surface area contributed by atoms with Crippen LogP contribution in [-0.4, -0.2) is 26.9 Å². The van der Waals surface area contributed by atoms with Gasteiger partial charge in [0.1, 0.15) is 0 Å². The Morgan fingerprint density at radius 3 is 2.25 bits per heavy atom. The Bertz CT molecular complexity index is 838. The van der Waals surface area contributed by atoms with Crippen molar-refractivity contribution in [1.82, 2.24) is 5.32 Å². The van der Waals surface area contributed by atoms with E-state index in [2.05, 4.69) is 16.0 Å². The van der Waals surface area contributed by atoms with Gasteiger partial charge in [-0.25, -0.2) is 18.4 Å². The lowest BCUT2D eigenvalue weighted by Crippen LogP contribution is -2.35. The van der Waals surface area contributed by atoms with Gasteiger partial charge in [0.2, 0.25) is 15.9 Å². The summed E-state index contributed by atoms with van der Waals surface area (Å²) in [6.07, 6.45) is 0. The fourth-order valence-electron chi connectivity index (χ4n) is 1.81. The minimum atomic E-state index is -3.85. The molecule has 0 radical (unpaired) electrons. The van der Waals surface area contributed by atoms with Gasteiger partial charge in [0, 0.05) is 11.4 Å². The van der Waals surface area contributed by atoms with Crippen molar-refractivity contribution in [1.29, 1.82) is 0 Å². The highest BCUT2D eigenvalue weighted by Gasteiger charge is 2.10. The monoisotopic (exact) mass is 348 g/mol. The summed E-state index contributed by atoms with van der Waals surface area (Å²) in [4.78, 5) is 23.3. The summed E-state index contributed by atoms with van der Waals surface area (Å²) in [5, 5.41) is 12.4. The van der Waals surface area contributed by atoms with Gasteiger partial charge in [-0.05, 0) is 30.3 Å². The molecule has 0 aliphatic rings. The van der Waals surface area contributed by atoms with Crippen LogP contribution < -0.4 is 21.1 Å². The molecule has 0 unspecified atom stereocenters. The highest BCUT2D eigenvalue weighted by atomic mass is 32.2. The third kappa shape index (κ3) is 5.38. The summed E-state index contributed by atoms with van der Waals surface area (Å²) >= 11 is 0. The molecule has 0 aromatic heterocycles. The number of amides is 3. The van der Waals surface area contributed by atoms with Crippen LogP contribution in [0.3, 0.4) is 0 Å². The minimum Gasteiger partial charge on any atom is -0.329 e. The van der Waals surface area contributed by atoms with Crippen LogP contribution in [0.4, 0.5) is 16.2 Å².